The number of hydrogen-bond acceptors (Lipinski definition) is 3. The lowest BCUT2D eigenvalue weighted by molar-refractivity contribution is 0.599. The first kappa shape index (κ1) is 15.3. The number of rotatable bonds is 3. The predicted molar refractivity (Wildman–Crippen MR) is 85.2 cm³/mol. The second kappa shape index (κ2) is 5.57. The monoisotopic (exact) mass is 349 g/mol. The van der Waals surface area contributed by atoms with Gasteiger partial charge < -0.3 is 4.98 Å². The Labute approximate surface area is 136 Å². The lowest BCUT2D eigenvalue weighted by Crippen LogP contribution is -2.13. The van der Waals surface area contributed by atoms with Gasteiger partial charge in [0.25, 0.3) is 10.0 Å². The van der Waals surface area contributed by atoms with Crippen LogP contribution < -0.4 is 4.72 Å². The van der Waals surface area contributed by atoms with Gasteiger partial charge in [0.05, 0.1) is 17.3 Å². The number of nitrogens with one attached hydrogen (secondary N) is 2. The van der Waals surface area contributed by atoms with Crippen LogP contribution in [0.3, 0.4) is 0 Å². The molecule has 0 aliphatic heterocycles. The molecule has 0 aliphatic carbocycles. The van der Waals surface area contributed by atoms with Crippen molar-refractivity contribution in [3.63, 3.8) is 0 Å². The van der Waals surface area contributed by atoms with Gasteiger partial charge >= 0.3 is 0 Å². The van der Waals surface area contributed by atoms with Crippen molar-refractivity contribution in [2.75, 3.05) is 4.72 Å². The van der Waals surface area contributed by atoms with Gasteiger partial charge in [-0.1, -0.05) is 17.7 Å². The molecule has 0 saturated carbocycles. The van der Waals surface area contributed by atoms with E-state index in [0.29, 0.717) is 16.5 Å². The summed E-state index contributed by atoms with van der Waals surface area (Å²) in [5, 5.41) is 9.44. The summed E-state index contributed by atoms with van der Waals surface area (Å²) in [6, 6.07) is 10.2. The minimum absolute atomic E-state index is 0.0358. The fourth-order valence-electron chi connectivity index (χ4n) is 2.16. The highest BCUT2D eigenvalue weighted by atomic mass is 35.5. The van der Waals surface area contributed by atoms with Crippen LogP contribution in [0, 0.1) is 17.1 Å². The maximum atomic E-state index is 13.8. The highest BCUT2D eigenvalue weighted by Crippen LogP contribution is 2.27. The van der Waals surface area contributed by atoms with Crippen LogP contribution >= 0.6 is 11.6 Å². The van der Waals surface area contributed by atoms with Gasteiger partial charge in [-0.15, -0.1) is 0 Å². The van der Waals surface area contributed by atoms with Gasteiger partial charge in [-0.05, 0) is 30.3 Å². The Hall–Kier alpha value is -2.56. The molecule has 0 unspecified atom stereocenters. The molecule has 1 aromatic heterocycles. The molecule has 0 radical (unpaired) electrons. The van der Waals surface area contributed by atoms with Crippen molar-refractivity contribution in [1.82, 2.24) is 4.98 Å². The summed E-state index contributed by atoms with van der Waals surface area (Å²) < 4.78 is 40.9. The van der Waals surface area contributed by atoms with Crippen LogP contribution in [0.4, 0.5) is 10.1 Å². The van der Waals surface area contributed by atoms with Crippen molar-refractivity contribution in [1.29, 1.82) is 5.26 Å². The third kappa shape index (κ3) is 2.86. The van der Waals surface area contributed by atoms with E-state index in [1.54, 1.807) is 0 Å². The Morgan fingerprint density at radius 1 is 1.22 bits per heavy atom. The van der Waals surface area contributed by atoms with Crippen molar-refractivity contribution in [3.05, 3.63) is 59.0 Å². The molecule has 0 amide bonds. The van der Waals surface area contributed by atoms with Gasteiger partial charge in [-0.25, -0.2) is 12.8 Å². The molecular weight excluding hydrogens is 341 g/mol. The fourth-order valence-corrected chi connectivity index (χ4v) is 3.57. The van der Waals surface area contributed by atoms with Gasteiger partial charge in [0.15, 0.2) is 0 Å². The number of hydrogen-bond donors (Lipinski definition) is 2. The summed E-state index contributed by atoms with van der Waals surface area (Å²) in [5.74, 6) is -0.771. The second-order valence-corrected chi connectivity index (χ2v) is 6.84. The molecule has 23 heavy (non-hydrogen) atoms. The molecule has 116 valence electrons. The molecule has 3 rings (SSSR count). The first-order valence-electron chi connectivity index (χ1n) is 6.40. The molecule has 0 saturated heterocycles. The van der Waals surface area contributed by atoms with Crippen LogP contribution in [-0.2, 0) is 10.0 Å². The molecule has 0 spiro atoms. The summed E-state index contributed by atoms with van der Waals surface area (Å²) in [6.45, 7) is 0. The average Bonchev–Trinajstić information content (AvgIpc) is 2.93. The van der Waals surface area contributed by atoms with Crippen molar-refractivity contribution in [2.24, 2.45) is 0 Å². The van der Waals surface area contributed by atoms with Gasteiger partial charge in [-0.2, -0.15) is 5.26 Å². The van der Waals surface area contributed by atoms with E-state index >= 15 is 0 Å². The summed E-state index contributed by atoms with van der Waals surface area (Å²) in [6.07, 6.45) is 1.29. The largest absolute Gasteiger partial charge is 0.360 e. The SMILES string of the molecule is N#Cc1ccc2c(S(=O)(=O)Nc3ccc(Cl)cc3F)c[nH]c2c1. The lowest BCUT2D eigenvalue weighted by atomic mass is 10.2. The Bertz CT molecular complexity index is 1050. The highest BCUT2D eigenvalue weighted by Gasteiger charge is 2.20. The number of halogens is 2. The summed E-state index contributed by atoms with van der Waals surface area (Å²) >= 11 is 5.65. The summed E-state index contributed by atoms with van der Waals surface area (Å²) in [4.78, 5) is 2.76. The standard InChI is InChI=1S/C15H9ClFN3O2S/c16-10-2-4-13(12(17)6-10)20-23(21,22)15-8-19-14-5-9(7-18)1-3-11(14)15/h1-6,8,19-20H. The van der Waals surface area contributed by atoms with Crippen LogP contribution in [-0.4, -0.2) is 13.4 Å². The molecule has 2 aromatic carbocycles. The van der Waals surface area contributed by atoms with E-state index in [9.17, 15) is 12.8 Å². The number of sulfonamides is 1. The minimum atomic E-state index is -4.00. The van der Waals surface area contributed by atoms with Crippen LogP contribution in [0.5, 0.6) is 0 Å². The van der Waals surface area contributed by atoms with E-state index in [-0.39, 0.29) is 15.6 Å². The van der Waals surface area contributed by atoms with Crippen LogP contribution in [0.1, 0.15) is 5.56 Å². The third-order valence-electron chi connectivity index (χ3n) is 3.24. The maximum Gasteiger partial charge on any atom is 0.264 e. The molecule has 0 atom stereocenters. The zero-order valence-electron chi connectivity index (χ0n) is 11.5. The molecule has 0 fully saturated rings. The van der Waals surface area contributed by atoms with Crippen LogP contribution in [0.25, 0.3) is 10.9 Å². The molecule has 0 aliphatic rings. The molecule has 3 aromatic rings. The van der Waals surface area contributed by atoms with E-state index in [1.807, 2.05) is 6.07 Å². The quantitative estimate of drug-likeness (QED) is 0.757. The number of anilines is 1. The first-order chi connectivity index (χ1) is 10.9. The van der Waals surface area contributed by atoms with Crippen molar-refractivity contribution in [3.8, 4) is 6.07 Å². The van der Waals surface area contributed by atoms with Gasteiger partial charge in [0.1, 0.15) is 10.7 Å². The Morgan fingerprint density at radius 2 is 2.00 bits per heavy atom. The lowest BCUT2D eigenvalue weighted by Gasteiger charge is -2.08. The van der Waals surface area contributed by atoms with E-state index in [1.165, 1.54) is 36.5 Å². The smallest absolute Gasteiger partial charge is 0.264 e. The van der Waals surface area contributed by atoms with E-state index < -0.39 is 15.8 Å². The molecular formula is C15H9ClFN3O2S. The fraction of sp³-hybridized carbons (Fsp3) is 0. The third-order valence-corrected chi connectivity index (χ3v) is 4.88. The zero-order chi connectivity index (χ0) is 16.6. The number of aromatic nitrogens is 1. The normalized spacial score (nSPS) is 11.3. The van der Waals surface area contributed by atoms with Crippen molar-refractivity contribution in [2.45, 2.75) is 4.90 Å². The van der Waals surface area contributed by atoms with Gasteiger partial charge in [0.2, 0.25) is 0 Å². The van der Waals surface area contributed by atoms with Gasteiger partial charge in [-0.3, -0.25) is 4.72 Å². The molecule has 1 heterocycles. The Morgan fingerprint density at radius 3 is 2.70 bits per heavy atom. The number of nitriles is 1. The first-order valence-corrected chi connectivity index (χ1v) is 8.26. The Balaban J connectivity index is 2.05. The molecule has 0 bridgehead atoms. The molecule has 5 nitrogen and oxygen atoms in total. The number of fused-ring (bicyclic) bond motifs is 1. The molecule has 8 heteroatoms. The van der Waals surface area contributed by atoms with E-state index in [0.717, 1.165) is 6.07 Å². The topological polar surface area (TPSA) is 85.8 Å². The second-order valence-electron chi connectivity index (χ2n) is 4.75. The van der Waals surface area contributed by atoms with Crippen molar-refractivity contribution >= 4 is 38.2 Å². The summed E-state index contributed by atoms with van der Waals surface area (Å²) in [5.41, 5.74) is 0.707. The maximum absolute atomic E-state index is 13.8. The van der Waals surface area contributed by atoms with Crippen LogP contribution in [0.2, 0.25) is 5.02 Å². The van der Waals surface area contributed by atoms with Gasteiger partial charge in [0, 0.05) is 22.1 Å². The van der Waals surface area contributed by atoms with E-state index in [4.69, 9.17) is 16.9 Å². The minimum Gasteiger partial charge on any atom is -0.360 e. The Kier molecular flexibility index (Phi) is 3.72. The summed E-state index contributed by atoms with van der Waals surface area (Å²) in [7, 11) is -4.00. The predicted octanol–water partition coefficient (Wildman–Crippen LogP) is 3.63. The van der Waals surface area contributed by atoms with Crippen molar-refractivity contribution < 1.29 is 12.8 Å². The number of H-pyrrole nitrogens is 1. The highest BCUT2D eigenvalue weighted by molar-refractivity contribution is 7.93. The molecule has 2 N–H and O–H groups in total. The van der Waals surface area contributed by atoms with E-state index in [2.05, 4.69) is 9.71 Å². The zero-order valence-corrected chi connectivity index (χ0v) is 13.0. The van der Waals surface area contributed by atoms with Crippen LogP contribution in [0.15, 0.2) is 47.5 Å². The number of aromatic amines is 1. The number of nitrogens with zero attached hydrogens (tertiary/aromatic N) is 1. The number of benzene rings is 2. The average molecular weight is 350 g/mol.